The van der Waals surface area contributed by atoms with Crippen LogP contribution in [0.15, 0.2) is 60.8 Å². The summed E-state index contributed by atoms with van der Waals surface area (Å²) in [4.78, 5) is 16.9. The molecule has 31 heavy (non-hydrogen) atoms. The highest BCUT2D eigenvalue weighted by atomic mass is 32.1. The maximum atomic E-state index is 12.4. The van der Waals surface area contributed by atoms with Gasteiger partial charge in [0.1, 0.15) is 5.75 Å². The Labute approximate surface area is 185 Å². The summed E-state index contributed by atoms with van der Waals surface area (Å²) >= 11 is 5.35. The Morgan fingerprint density at radius 1 is 1.16 bits per heavy atom. The zero-order chi connectivity index (χ0) is 21.6. The highest BCUT2D eigenvalue weighted by Gasteiger charge is 2.11. The van der Waals surface area contributed by atoms with Gasteiger partial charge in [-0.3, -0.25) is 19.4 Å². The monoisotopic (exact) mass is 433 g/mol. The summed E-state index contributed by atoms with van der Waals surface area (Å²) in [6, 6.07) is 17.6. The second-order valence-electron chi connectivity index (χ2n) is 7.07. The van der Waals surface area contributed by atoms with Crippen LogP contribution in [0.25, 0.3) is 22.3 Å². The third-order valence-corrected chi connectivity index (χ3v) is 5.41. The Balaban J connectivity index is 1.35. The fraction of sp³-hybridized carbons (Fsp3) is 0.217. The first-order valence-corrected chi connectivity index (χ1v) is 10.5. The van der Waals surface area contributed by atoms with Crippen LogP contribution in [0.2, 0.25) is 0 Å². The zero-order valence-corrected chi connectivity index (χ0v) is 18.0. The highest BCUT2D eigenvalue weighted by Crippen LogP contribution is 2.21. The van der Waals surface area contributed by atoms with E-state index in [1.165, 1.54) is 0 Å². The van der Waals surface area contributed by atoms with Gasteiger partial charge in [0.15, 0.2) is 10.6 Å². The zero-order valence-electron chi connectivity index (χ0n) is 17.2. The molecule has 0 spiro atoms. The first-order chi connectivity index (χ1) is 15.2. The lowest BCUT2D eigenvalue weighted by molar-refractivity contribution is -0.121. The number of aromatic amines is 1. The number of benzene rings is 2. The van der Waals surface area contributed by atoms with Crippen LogP contribution in [0, 0.1) is 4.77 Å². The number of H-pyrrole nitrogens is 1. The lowest BCUT2D eigenvalue weighted by Crippen LogP contribution is -2.26. The number of carbonyl (C=O) groups is 1. The predicted molar refractivity (Wildman–Crippen MR) is 122 cm³/mol. The van der Waals surface area contributed by atoms with Gasteiger partial charge in [-0.15, -0.1) is 0 Å². The average Bonchev–Trinajstić information content (AvgIpc) is 3.18. The van der Waals surface area contributed by atoms with E-state index < -0.39 is 0 Å². The Morgan fingerprint density at radius 3 is 2.77 bits per heavy atom. The Morgan fingerprint density at radius 2 is 1.97 bits per heavy atom. The van der Waals surface area contributed by atoms with Gasteiger partial charge in [0.2, 0.25) is 5.91 Å². The molecule has 2 aromatic carbocycles. The van der Waals surface area contributed by atoms with Gasteiger partial charge in [-0.2, -0.15) is 5.10 Å². The molecule has 158 valence electrons. The average molecular weight is 434 g/mol. The molecule has 4 rings (SSSR count). The van der Waals surface area contributed by atoms with Crippen LogP contribution in [-0.2, 0) is 17.8 Å². The van der Waals surface area contributed by atoms with Crippen LogP contribution in [0.5, 0.6) is 5.75 Å². The maximum absolute atomic E-state index is 12.4. The van der Waals surface area contributed by atoms with Crippen LogP contribution in [-0.4, -0.2) is 39.3 Å². The maximum Gasteiger partial charge on any atom is 0.221 e. The molecule has 8 heteroatoms. The number of para-hydroxylation sites is 1. The minimum absolute atomic E-state index is 0.0306. The number of hydrogen-bond acceptors (Lipinski definition) is 5. The van der Waals surface area contributed by atoms with Crippen molar-refractivity contribution >= 4 is 29.0 Å². The number of hydrogen-bond donors (Lipinski definition) is 2. The number of nitrogens with zero attached hydrogens (tertiary/aromatic N) is 3. The molecule has 0 aliphatic rings. The van der Waals surface area contributed by atoms with E-state index in [0.717, 1.165) is 34.2 Å². The topological polar surface area (TPSA) is 84.8 Å². The summed E-state index contributed by atoms with van der Waals surface area (Å²) in [6.07, 6.45) is 2.83. The SMILES string of the molecule is COc1ccc(-c2n[nH]c(=S)n2CCC(=O)NCCc2cccc3cccnc23)cc1. The highest BCUT2D eigenvalue weighted by molar-refractivity contribution is 7.71. The van der Waals surface area contributed by atoms with Gasteiger partial charge in [0.25, 0.3) is 0 Å². The molecule has 7 nitrogen and oxygen atoms in total. The number of amides is 1. The molecular formula is C23H23N5O2S. The largest absolute Gasteiger partial charge is 0.497 e. The molecule has 1 amide bonds. The van der Waals surface area contributed by atoms with Crippen LogP contribution in [0.1, 0.15) is 12.0 Å². The summed E-state index contributed by atoms with van der Waals surface area (Å²) in [5, 5.41) is 11.2. The number of ether oxygens (including phenoxy) is 1. The van der Waals surface area contributed by atoms with Gasteiger partial charge in [-0.25, -0.2) is 0 Å². The van der Waals surface area contributed by atoms with Crippen molar-refractivity contribution in [2.75, 3.05) is 13.7 Å². The number of rotatable bonds is 8. The number of methoxy groups -OCH3 is 1. The predicted octanol–water partition coefficient (Wildman–Crippen LogP) is 3.91. The molecule has 4 aromatic rings. The molecule has 2 N–H and O–H groups in total. The van der Waals surface area contributed by atoms with Gasteiger partial charge < -0.3 is 10.1 Å². The summed E-state index contributed by atoms with van der Waals surface area (Å²) in [6.45, 7) is 0.995. The molecule has 0 aliphatic heterocycles. The standard InChI is InChI=1S/C23H23N5O2S/c1-30-19-9-7-18(8-10-19)22-26-27-23(31)28(22)15-12-20(29)24-14-11-17-5-2-4-16-6-3-13-25-21(16)17/h2-10,13H,11-12,14-15H2,1H3,(H,24,29)(H,27,31). The quantitative estimate of drug-likeness (QED) is 0.412. The van der Waals surface area contributed by atoms with Gasteiger partial charge in [-0.05, 0) is 54.5 Å². The summed E-state index contributed by atoms with van der Waals surface area (Å²) in [5.74, 6) is 1.43. The van der Waals surface area contributed by atoms with Crippen LogP contribution >= 0.6 is 12.2 Å². The third-order valence-electron chi connectivity index (χ3n) is 5.10. The van der Waals surface area contributed by atoms with Crippen molar-refractivity contribution in [3.63, 3.8) is 0 Å². The molecule has 0 saturated heterocycles. The van der Waals surface area contributed by atoms with Crippen molar-refractivity contribution in [3.8, 4) is 17.1 Å². The van der Waals surface area contributed by atoms with E-state index in [0.29, 0.717) is 30.1 Å². The van der Waals surface area contributed by atoms with E-state index in [1.54, 1.807) is 13.3 Å². The van der Waals surface area contributed by atoms with Crippen LogP contribution in [0.4, 0.5) is 0 Å². The van der Waals surface area contributed by atoms with Crippen LogP contribution < -0.4 is 10.1 Å². The van der Waals surface area contributed by atoms with Crippen molar-refractivity contribution < 1.29 is 9.53 Å². The van der Waals surface area contributed by atoms with E-state index in [1.807, 2.05) is 59.2 Å². The minimum atomic E-state index is -0.0306. The molecule has 0 atom stereocenters. The fourth-order valence-electron chi connectivity index (χ4n) is 3.49. The molecule has 0 unspecified atom stereocenters. The summed E-state index contributed by atoms with van der Waals surface area (Å²) < 4.78 is 7.53. The van der Waals surface area contributed by atoms with Crippen molar-refractivity contribution in [1.29, 1.82) is 0 Å². The summed E-state index contributed by atoms with van der Waals surface area (Å²) in [5.41, 5.74) is 3.00. The molecule has 0 bridgehead atoms. The Bertz CT molecular complexity index is 1240. The van der Waals surface area contributed by atoms with Crippen molar-refractivity contribution in [2.24, 2.45) is 0 Å². The van der Waals surface area contributed by atoms with E-state index in [2.05, 4.69) is 20.5 Å². The number of carbonyl (C=O) groups excluding carboxylic acids is 1. The van der Waals surface area contributed by atoms with Crippen LogP contribution in [0.3, 0.4) is 0 Å². The first-order valence-electron chi connectivity index (χ1n) is 10.0. The Kier molecular flexibility index (Phi) is 6.37. The fourth-order valence-corrected chi connectivity index (χ4v) is 3.72. The number of aromatic nitrogens is 4. The normalized spacial score (nSPS) is 10.9. The van der Waals surface area contributed by atoms with Gasteiger partial charge in [0.05, 0.1) is 12.6 Å². The first kappa shape index (κ1) is 20.7. The number of pyridine rings is 1. The minimum Gasteiger partial charge on any atom is -0.497 e. The van der Waals surface area contributed by atoms with Crippen molar-refractivity contribution in [3.05, 3.63) is 71.1 Å². The molecule has 0 saturated carbocycles. The summed E-state index contributed by atoms with van der Waals surface area (Å²) in [7, 11) is 1.63. The molecule has 0 aliphatic carbocycles. The van der Waals surface area contributed by atoms with E-state index in [9.17, 15) is 4.79 Å². The molecular weight excluding hydrogens is 410 g/mol. The molecule has 0 fully saturated rings. The number of nitrogens with one attached hydrogen (secondary N) is 2. The second-order valence-corrected chi connectivity index (χ2v) is 7.46. The van der Waals surface area contributed by atoms with E-state index >= 15 is 0 Å². The molecule has 2 heterocycles. The van der Waals surface area contributed by atoms with Gasteiger partial charge in [-0.1, -0.05) is 24.3 Å². The van der Waals surface area contributed by atoms with Crippen molar-refractivity contribution in [2.45, 2.75) is 19.4 Å². The molecule has 2 aromatic heterocycles. The lowest BCUT2D eigenvalue weighted by atomic mass is 10.1. The lowest BCUT2D eigenvalue weighted by Gasteiger charge is -2.09. The molecule has 0 radical (unpaired) electrons. The van der Waals surface area contributed by atoms with Gasteiger partial charge >= 0.3 is 0 Å². The van der Waals surface area contributed by atoms with Gasteiger partial charge in [0, 0.05) is 36.7 Å². The third kappa shape index (κ3) is 4.80. The smallest absolute Gasteiger partial charge is 0.221 e. The number of fused-ring (bicyclic) bond motifs is 1. The Hall–Kier alpha value is -3.52. The van der Waals surface area contributed by atoms with Crippen molar-refractivity contribution in [1.82, 2.24) is 25.1 Å². The second kappa shape index (κ2) is 9.53. The van der Waals surface area contributed by atoms with E-state index in [-0.39, 0.29) is 5.91 Å². The van der Waals surface area contributed by atoms with E-state index in [4.69, 9.17) is 17.0 Å².